The second kappa shape index (κ2) is 2.91. The Kier molecular flexibility index (Phi) is 1.89. The Balaban J connectivity index is 2.14. The summed E-state index contributed by atoms with van der Waals surface area (Å²) < 4.78 is 0. The minimum absolute atomic E-state index is 0.756. The SMILES string of the molecule is Cc1cccc([C@H]2C[C@@H]2CN)c1. The standard InChI is InChI=1S/C11H15N/c1-8-3-2-4-9(5-8)11-6-10(11)7-12/h2-5,10-11H,6-7,12H2,1H3/t10-,11-/m1/s1. The van der Waals surface area contributed by atoms with Crippen LogP contribution >= 0.6 is 0 Å². The predicted molar refractivity (Wildman–Crippen MR) is 51.1 cm³/mol. The number of nitrogens with two attached hydrogens (primary N) is 1. The van der Waals surface area contributed by atoms with Gasteiger partial charge in [-0.15, -0.1) is 0 Å². The monoisotopic (exact) mass is 161 g/mol. The molecule has 1 aromatic rings. The van der Waals surface area contributed by atoms with Crippen molar-refractivity contribution in [2.24, 2.45) is 11.7 Å². The second-order valence-corrected chi connectivity index (χ2v) is 3.75. The van der Waals surface area contributed by atoms with E-state index in [-0.39, 0.29) is 0 Å². The molecule has 1 saturated carbocycles. The van der Waals surface area contributed by atoms with Crippen LogP contribution in [0.3, 0.4) is 0 Å². The van der Waals surface area contributed by atoms with Gasteiger partial charge in [0.15, 0.2) is 0 Å². The zero-order valence-corrected chi connectivity index (χ0v) is 7.46. The second-order valence-electron chi connectivity index (χ2n) is 3.75. The summed E-state index contributed by atoms with van der Waals surface area (Å²) in [6, 6.07) is 8.77. The third-order valence-corrected chi connectivity index (χ3v) is 2.70. The van der Waals surface area contributed by atoms with E-state index in [0.717, 1.165) is 18.4 Å². The third kappa shape index (κ3) is 1.37. The van der Waals surface area contributed by atoms with Crippen molar-refractivity contribution in [1.29, 1.82) is 0 Å². The Labute approximate surface area is 73.6 Å². The summed E-state index contributed by atoms with van der Waals surface area (Å²) in [6.45, 7) is 2.99. The minimum Gasteiger partial charge on any atom is -0.330 e. The summed E-state index contributed by atoms with van der Waals surface area (Å²) >= 11 is 0. The maximum atomic E-state index is 5.60. The van der Waals surface area contributed by atoms with Gasteiger partial charge < -0.3 is 5.73 Å². The molecule has 2 atom stereocenters. The Morgan fingerprint density at radius 2 is 2.33 bits per heavy atom. The van der Waals surface area contributed by atoms with E-state index in [9.17, 15) is 0 Å². The molecule has 1 heteroatoms. The molecule has 1 nitrogen and oxygen atoms in total. The van der Waals surface area contributed by atoms with Gasteiger partial charge in [-0.1, -0.05) is 29.8 Å². The third-order valence-electron chi connectivity index (χ3n) is 2.70. The molecule has 2 N–H and O–H groups in total. The van der Waals surface area contributed by atoms with E-state index in [4.69, 9.17) is 5.73 Å². The minimum atomic E-state index is 0.756. The highest BCUT2D eigenvalue weighted by molar-refractivity contribution is 5.29. The lowest BCUT2D eigenvalue weighted by Gasteiger charge is -1.99. The van der Waals surface area contributed by atoms with Crippen molar-refractivity contribution in [3.8, 4) is 0 Å². The fraction of sp³-hybridized carbons (Fsp3) is 0.455. The molecule has 0 amide bonds. The fourth-order valence-electron chi connectivity index (χ4n) is 1.82. The lowest BCUT2D eigenvalue weighted by molar-refractivity contribution is 0.809. The summed E-state index contributed by atoms with van der Waals surface area (Å²) in [6.07, 6.45) is 1.29. The first-order valence-electron chi connectivity index (χ1n) is 4.58. The molecule has 0 unspecified atom stereocenters. The number of rotatable bonds is 2. The van der Waals surface area contributed by atoms with Crippen LogP contribution in [-0.4, -0.2) is 6.54 Å². The zero-order valence-electron chi connectivity index (χ0n) is 7.46. The molecule has 0 radical (unpaired) electrons. The molecule has 0 saturated heterocycles. The first kappa shape index (κ1) is 7.81. The number of aryl methyl sites for hydroxylation is 1. The topological polar surface area (TPSA) is 26.0 Å². The summed E-state index contributed by atoms with van der Waals surface area (Å²) in [7, 11) is 0. The van der Waals surface area contributed by atoms with Gasteiger partial charge in [-0.2, -0.15) is 0 Å². The van der Waals surface area contributed by atoms with Gasteiger partial charge in [0.1, 0.15) is 0 Å². The van der Waals surface area contributed by atoms with E-state index in [1.165, 1.54) is 17.5 Å². The highest BCUT2D eigenvalue weighted by Crippen LogP contribution is 2.46. The van der Waals surface area contributed by atoms with Crippen molar-refractivity contribution in [3.05, 3.63) is 35.4 Å². The lowest BCUT2D eigenvalue weighted by atomic mass is 10.1. The summed E-state index contributed by atoms with van der Waals surface area (Å²) in [5.41, 5.74) is 8.43. The quantitative estimate of drug-likeness (QED) is 0.706. The van der Waals surface area contributed by atoms with Crippen LogP contribution in [0.2, 0.25) is 0 Å². The maximum Gasteiger partial charge on any atom is -0.00428 e. The Hall–Kier alpha value is -0.820. The van der Waals surface area contributed by atoms with Crippen LogP contribution < -0.4 is 5.73 Å². The zero-order chi connectivity index (χ0) is 8.55. The number of benzene rings is 1. The molecule has 64 valence electrons. The predicted octanol–water partition coefficient (Wildman–Crippen LogP) is 2.06. The first-order chi connectivity index (χ1) is 5.81. The average molecular weight is 161 g/mol. The summed E-state index contributed by atoms with van der Waals surface area (Å²) in [4.78, 5) is 0. The van der Waals surface area contributed by atoms with Gasteiger partial charge in [-0.3, -0.25) is 0 Å². The van der Waals surface area contributed by atoms with Crippen molar-refractivity contribution < 1.29 is 0 Å². The molecule has 1 fully saturated rings. The van der Waals surface area contributed by atoms with E-state index in [2.05, 4.69) is 31.2 Å². The molecule has 1 aromatic carbocycles. The molecule has 0 bridgehead atoms. The van der Waals surface area contributed by atoms with Gasteiger partial charge >= 0.3 is 0 Å². The molecular formula is C11H15N. The van der Waals surface area contributed by atoms with Gasteiger partial charge in [0.25, 0.3) is 0 Å². The van der Waals surface area contributed by atoms with Gasteiger partial charge in [-0.05, 0) is 37.3 Å². The first-order valence-corrected chi connectivity index (χ1v) is 4.58. The van der Waals surface area contributed by atoms with Crippen LogP contribution in [0.4, 0.5) is 0 Å². The molecule has 0 aliphatic heterocycles. The van der Waals surface area contributed by atoms with E-state index in [1.54, 1.807) is 0 Å². The molecule has 0 heterocycles. The van der Waals surface area contributed by atoms with Crippen molar-refractivity contribution in [2.75, 3.05) is 6.54 Å². The van der Waals surface area contributed by atoms with E-state index < -0.39 is 0 Å². The molecule has 0 aromatic heterocycles. The maximum absolute atomic E-state index is 5.60. The molecule has 0 spiro atoms. The number of hydrogen-bond acceptors (Lipinski definition) is 1. The van der Waals surface area contributed by atoms with E-state index in [1.807, 2.05) is 0 Å². The van der Waals surface area contributed by atoms with Gasteiger partial charge in [0.05, 0.1) is 0 Å². The van der Waals surface area contributed by atoms with Crippen LogP contribution in [0, 0.1) is 12.8 Å². The smallest absolute Gasteiger partial charge is 0.00428 e. The van der Waals surface area contributed by atoms with Crippen molar-refractivity contribution in [3.63, 3.8) is 0 Å². The van der Waals surface area contributed by atoms with E-state index in [0.29, 0.717) is 0 Å². The molecule has 1 aliphatic rings. The van der Waals surface area contributed by atoms with Crippen LogP contribution in [0.25, 0.3) is 0 Å². The molecular weight excluding hydrogens is 146 g/mol. The van der Waals surface area contributed by atoms with Crippen molar-refractivity contribution in [2.45, 2.75) is 19.3 Å². The van der Waals surface area contributed by atoms with Crippen LogP contribution in [0.15, 0.2) is 24.3 Å². The van der Waals surface area contributed by atoms with Crippen LogP contribution in [-0.2, 0) is 0 Å². The fourth-order valence-corrected chi connectivity index (χ4v) is 1.82. The van der Waals surface area contributed by atoms with Crippen LogP contribution in [0.5, 0.6) is 0 Å². The molecule has 2 rings (SSSR count). The van der Waals surface area contributed by atoms with Gasteiger partial charge in [-0.25, -0.2) is 0 Å². The Morgan fingerprint density at radius 1 is 1.50 bits per heavy atom. The van der Waals surface area contributed by atoms with Gasteiger partial charge in [0, 0.05) is 0 Å². The Bertz CT molecular complexity index is 280. The highest BCUT2D eigenvalue weighted by atomic mass is 14.6. The van der Waals surface area contributed by atoms with Gasteiger partial charge in [0.2, 0.25) is 0 Å². The highest BCUT2D eigenvalue weighted by Gasteiger charge is 2.36. The number of hydrogen-bond donors (Lipinski definition) is 1. The average Bonchev–Trinajstić information content (AvgIpc) is 2.83. The molecule has 1 aliphatic carbocycles. The van der Waals surface area contributed by atoms with Crippen molar-refractivity contribution >= 4 is 0 Å². The normalized spacial score (nSPS) is 27.2. The summed E-state index contributed by atoms with van der Waals surface area (Å²) in [5.74, 6) is 1.52. The largest absolute Gasteiger partial charge is 0.330 e. The van der Waals surface area contributed by atoms with E-state index >= 15 is 0 Å². The van der Waals surface area contributed by atoms with Crippen LogP contribution in [0.1, 0.15) is 23.5 Å². The van der Waals surface area contributed by atoms with Crippen molar-refractivity contribution in [1.82, 2.24) is 0 Å². The molecule has 12 heavy (non-hydrogen) atoms. The lowest BCUT2D eigenvalue weighted by Crippen LogP contribution is -2.01. The Morgan fingerprint density at radius 3 is 2.92 bits per heavy atom. The summed E-state index contributed by atoms with van der Waals surface area (Å²) in [5, 5.41) is 0.